The average molecular weight is 326 g/mol. The molecule has 0 unspecified atom stereocenters. The van der Waals surface area contributed by atoms with Gasteiger partial charge in [0.2, 0.25) is 0 Å². The third-order valence-electron chi connectivity index (χ3n) is 3.32. The Hall–Kier alpha value is -1.03. The van der Waals surface area contributed by atoms with Crippen molar-refractivity contribution in [3.63, 3.8) is 0 Å². The number of imidazole rings is 1. The van der Waals surface area contributed by atoms with Crippen LogP contribution in [0.1, 0.15) is 37.9 Å². The van der Waals surface area contributed by atoms with Gasteiger partial charge in [-0.1, -0.05) is 29.3 Å². The number of aryl methyl sites for hydroxylation is 1. The summed E-state index contributed by atoms with van der Waals surface area (Å²) in [7, 11) is 0. The lowest BCUT2D eigenvalue weighted by molar-refractivity contribution is 0.416. The summed E-state index contributed by atoms with van der Waals surface area (Å²) in [6.45, 7) is 9.81. The largest absolute Gasteiger partial charge is 0.326 e. The van der Waals surface area contributed by atoms with Gasteiger partial charge in [0.15, 0.2) is 0 Å². The lowest BCUT2D eigenvalue weighted by Crippen LogP contribution is -2.35. The minimum Gasteiger partial charge on any atom is -0.326 e. The topological polar surface area (TPSA) is 29.9 Å². The highest BCUT2D eigenvalue weighted by Crippen LogP contribution is 2.26. The van der Waals surface area contributed by atoms with E-state index in [0.29, 0.717) is 16.6 Å². The third-order valence-corrected chi connectivity index (χ3v) is 4.02. The second-order valence-corrected chi connectivity index (χ2v) is 7.00. The molecule has 1 aromatic carbocycles. The summed E-state index contributed by atoms with van der Waals surface area (Å²) in [6, 6.07) is 5.58. The fourth-order valence-electron chi connectivity index (χ4n) is 2.07. The summed E-state index contributed by atoms with van der Waals surface area (Å²) >= 11 is 12.5. The third kappa shape index (κ3) is 4.22. The molecule has 0 atom stereocenters. The van der Waals surface area contributed by atoms with Gasteiger partial charge in [-0.05, 0) is 39.8 Å². The van der Waals surface area contributed by atoms with Crippen LogP contribution in [0, 0.1) is 6.92 Å². The molecule has 0 fully saturated rings. The molecule has 1 aromatic heterocycles. The van der Waals surface area contributed by atoms with Gasteiger partial charge < -0.3 is 9.88 Å². The molecular weight excluding hydrogens is 305 g/mol. The first-order valence-electron chi connectivity index (χ1n) is 6.97. The van der Waals surface area contributed by atoms with E-state index < -0.39 is 0 Å². The zero-order valence-corrected chi connectivity index (χ0v) is 14.4. The molecule has 2 aromatic rings. The van der Waals surface area contributed by atoms with Gasteiger partial charge in [0.05, 0.1) is 12.2 Å². The molecular formula is C16H21Cl2N3. The molecule has 0 spiro atoms. The van der Waals surface area contributed by atoms with Crippen molar-refractivity contribution in [1.82, 2.24) is 14.9 Å². The molecule has 0 aliphatic carbocycles. The monoisotopic (exact) mass is 325 g/mol. The molecule has 0 aliphatic heterocycles. The van der Waals surface area contributed by atoms with Crippen LogP contribution < -0.4 is 5.32 Å². The number of aromatic nitrogens is 2. The first-order valence-corrected chi connectivity index (χ1v) is 7.72. The number of hydrogen-bond donors (Lipinski definition) is 1. The minimum absolute atomic E-state index is 0.0606. The number of rotatable bonds is 4. The summed E-state index contributed by atoms with van der Waals surface area (Å²) in [5.41, 5.74) is 2.11. The van der Waals surface area contributed by atoms with Gasteiger partial charge in [-0.3, -0.25) is 0 Å². The second kappa shape index (κ2) is 6.39. The van der Waals surface area contributed by atoms with E-state index in [1.807, 2.05) is 31.3 Å². The maximum Gasteiger partial charge on any atom is 0.106 e. The highest BCUT2D eigenvalue weighted by molar-refractivity contribution is 6.35. The Bertz CT molecular complexity index is 607. The summed E-state index contributed by atoms with van der Waals surface area (Å²) in [5.74, 6) is 0.955. The van der Waals surface area contributed by atoms with Crippen LogP contribution in [0.25, 0.3) is 0 Å². The first-order chi connectivity index (χ1) is 9.78. The normalized spacial score (nSPS) is 11.9. The van der Waals surface area contributed by atoms with Crippen LogP contribution in [-0.4, -0.2) is 15.1 Å². The number of benzene rings is 1. The molecule has 0 radical (unpaired) electrons. The Morgan fingerprint density at radius 3 is 2.38 bits per heavy atom. The van der Waals surface area contributed by atoms with Gasteiger partial charge in [0.25, 0.3) is 0 Å². The summed E-state index contributed by atoms with van der Waals surface area (Å²) in [4.78, 5) is 4.41. The Morgan fingerprint density at radius 1 is 1.19 bits per heavy atom. The Morgan fingerprint density at radius 2 is 1.81 bits per heavy atom. The van der Waals surface area contributed by atoms with E-state index in [0.717, 1.165) is 23.6 Å². The van der Waals surface area contributed by atoms with Gasteiger partial charge in [-0.25, -0.2) is 4.98 Å². The molecule has 0 saturated heterocycles. The van der Waals surface area contributed by atoms with Gasteiger partial charge in [0, 0.05) is 33.9 Å². The summed E-state index contributed by atoms with van der Waals surface area (Å²) in [5, 5.41) is 4.85. The van der Waals surface area contributed by atoms with E-state index in [-0.39, 0.29) is 5.54 Å². The summed E-state index contributed by atoms with van der Waals surface area (Å²) in [6.07, 6.45) is 1.90. The van der Waals surface area contributed by atoms with Crippen molar-refractivity contribution in [3.8, 4) is 0 Å². The molecule has 21 heavy (non-hydrogen) atoms. The van der Waals surface area contributed by atoms with Crippen molar-refractivity contribution < 1.29 is 0 Å². The van der Waals surface area contributed by atoms with Crippen LogP contribution in [0.3, 0.4) is 0 Å². The molecule has 0 amide bonds. The SMILES string of the molecule is Cc1ncc(CNC(C)(C)C)n1Cc1c(Cl)cccc1Cl. The van der Waals surface area contributed by atoms with E-state index in [1.165, 1.54) is 0 Å². The van der Waals surface area contributed by atoms with Crippen molar-refractivity contribution in [2.24, 2.45) is 0 Å². The smallest absolute Gasteiger partial charge is 0.106 e. The lowest BCUT2D eigenvalue weighted by Gasteiger charge is -2.21. The van der Waals surface area contributed by atoms with E-state index >= 15 is 0 Å². The maximum atomic E-state index is 6.27. The van der Waals surface area contributed by atoms with Crippen molar-refractivity contribution in [3.05, 3.63) is 51.5 Å². The van der Waals surface area contributed by atoms with Crippen LogP contribution in [0.2, 0.25) is 10.0 Å². The molecule has 0 saturated carbocycles. The predicted molar refractivity (Wildman–Crippen MR) is 89.1 cm³/mol. The fraction of sp³-hybridized carbons (Fsp3) is 0.438. The van der Waals surface area contributed by atoms with Crippen molar-refractivity contribution in [2.75, 3.05) is 0 Å². The highest BCUT2D eigenvalue weighted by atomic mass is 35.5. The molecule has 0 aliphatic rings. The van der Waals surface area contributed by atoms with Gasteiger partial charge in [0.1, 0.15) is 5.82 Å². The van der Waals surface area contributed by atoms with Crippen molar-refractivity contribution in [2.45, 2.75) is 46.3 Å². The quantitative estimate of drug-likeness (QED) is 0.900. The Balaban J connectivity index is 2.26. The molecule has 0 bridgehead atoms. The van der Waals surface area contributed by atoms with Crippen molar-refractivity contribution >= 4 is 23.2 Å². The van der Waals surface area contributed by atoms with Crippen molar-refractivity contribution in [1.29, 1.82) is 0 Å². The van der Waals surface area contributed by atoms with E-state index in [4.69, 9.17) is 23.2 Å². The first kappa shape index (κ1) is 16.3. The van der Waals surface area contributed by atoms with Crippen LogP contribution in [-0.2, 0) is 13.1 Å². The zero-order valence-electron chi connectivity index (χ0n) is 12.9. The van der Waals surface area contributed by atoms with Crippen LogP contribution >= 0.6 is 23.2 Å². The van der Waals surface area contributed by atoms with Crippen LogP contribution in [0.4, 0.5) is 0 Å². The Labute approximate surface area is 136 Å². The fourth-order valence-corrected chi connectivity index (χ4v) is 2.59. The maximum absolute atomic E-state index is 6.27. The molecule has 5 heteroatoms. The van der Waals surface area contributed by atoms with Gasteiger partial charge in [-0.15, -0.1) is 0 Å². The predicted octanol–water partition coefficient (Wildman–Crippen LogP) is 4.43. The van der Waals surface area contributed by atoms with E-state index in [2.05, 4.69) is 35.6 Å². The average Bonchev–Trinajstić information content (AvgIpc) is 2.72. The van der Waals surface area contributed by atoms with Gasteiger partial charge in [-0.2, -0.15) is 0 Å². The zero-order chi connectivity index (χ0) is 15.6. The number of nitrogens with one attached hydrogen (secondary N) is 1. The molecule has 1 heterocycles. The lowest BCUT2D eigenvalue weighted by atomic mass is 10.1. The van der Waals surface area contributed by atoms with Gasteiger partial charge >= 0.3 is 0 Å². The van der Waals surface area contributed by atoms with E-state index in [9.17, 15) is 0 Å². The van der Waals surface area contributed by atoms with Crippen LogP contribution in [0.5, 0.6) is 0 Å². The summed E-state index contributed by atoms with van der Waals surface area (Å²) < 4.78 is 2.14. The number of halogens is 2. The molecule has 3 nitrogen and oxygen atoms in total. The van der Waals surface area contributed by atoms with Crippen LogP contribution in [0.15, 0.2) is 24.4 Å². The molecule has 114 valence electrons. The number of hydrogen-bond acceptors (Lipinski definition) is 2. The number of nitrogens with zero attached hydrogens (tertiary/aromatic N) is 2. The van der Waals surface area contributed by atoms with E-state index in [1.54, 1.807) is 0 Å². The Kier molecular flexibility index (Phi) is 4.97. The molecule has 1 N–H and O–H groups in total. The minimum atomic E-state index is 0.0606. The standard InChI is InChI=1S/C16H21Cl2N3/c1-11-19-8-12(9-20-16(2,3)4)21(11)10-13-14(17)6-5-7-15(13)18/h5-8,20H,9-10H2,1-4H3. The highest BCUT2D eigenvalue weighted by Gasteiger charge is 2.14. The second-order valence-electron chi connectivity index (χ2n) is 6.19. The molecule has 2 rings (SSSR count).